The van der Waals surface area contributed by atoms with E-state index in [2.05, 4.69) is 66.5 Å². The molecule has 0 spiro atoms. The average Bonchev–Trinajstić information content (AvgIpc) is 3.03. The number of aliphatic hydroxyl groups excluding tert-OH is 6. The summed E-state index contributed by atoms with van der Waals surface area (Å²) in [5.74, 6) is 0.860. The Morgan fingerprint density at radius 3 is 1.22 bits per heavy atom. The molecular formula is C68H130O17S. The Morgan fingerprint density at radius 2 is 0.814 bits per heavy atom. The fourth-order valence-electron chi connectivity index (χ4n) is 13.9. The molecule has 86 heavy (non-hydrogen) atoms. The Bertz CT molecular complexity index is 1810. The van der Waals surface area contributed by atoms with Gasteiger partial charge in [0.05, 0.1) is 25.2 Å². The van der Waals surface area contributed by atoms with E-state index >= 15 is 0 Å². The van der Waals surface area contributed by atoms with Crippen LogP contribution in [0.2, 0.25) is 0 Å². The van der Waals surface area contributed by atoms with E-state index in [-0.39, 0.29) is 18.4 Å². The van der Waals surface area contributed by atoms with Crippen LogP contribution in [0.5, 0.6) is 0 Å². The normalized spacial score (nSPS) is 26.1. The highest BCUT2D eigenvalue weighted by Crippen LogP contribution is 2.35. The lowest BCUT2D eigenvalue weighted by molar-refractivity contribution is -0.374. The summed E-state index contributed by atoms with van der Waals surface area (Å²) in [6.45, 7) is 20.4. The molecule has 2 rings (SSSR count). The average molecular weight is 1250 g/mol. The van der Waals surface area contributed by atoms with Crippen molar-refractivity contribution in [2.45, 2.75) is 361 Å². The highest BCUT2D eigenvalue weighted by atomic mass is 32.3. The maximum atomic E-state index is 14.1. The van der Waals surface area contributed by atoms with Gasteiger partial charge in [0.15, 0.2) is 24.6 Å². The first-order valence-electron chi connectivity index (χ1n) is 34.9. The van der Waals surface area contributed by atoms with Gasteiger partial charge in [-0.1, -0.05) is 230 Å². The zero-order valence-electron chi connectivity index (χ0n) is 55.8. The van der Waals surface area contributed by atoms with Crippen molar-refractivity contribution in [1.29, 1.82) is 0 Å². The second-order valence-corrected chi connectivity index (χ2v) is 28.7. The maximum Gasteiger partial charge on any atom is 0.397 e. The van der Waals surface area contributed by atoms with E-state index < -0.39 is 103 Å². The fourth-order valence-corrected chi connectivity index (χ4v) is 14.3. The van der Waals surface area contributed by atoms with Crippen molar-refractivity contribution in [3.8, 4) is 0 Å². The lowest BCUT2D eigenvalue weighted by Crippen LogP contribution is -2.65. The summed E-state index contributed by atoms with van der Waals surface area (Å²) in [7, 11) is -5.32. The number of esters is 2. The van der Waals surface area contributed by atoms with Gasteiger partial charge in [-0.2, -0.15) is 8.42 Å². The molecule has 17 nitrogen and oxygen atoms in total. The van der Waals surface area contributed by atoms with Crippen molar-refractivity contribution < 1.29 is 81.1 Å². The van der Waals surface area contributed by atoms with Gasteiger partial charge in [-0.3, -0.25) is 14.1 Å². The SMILES string of the molecule is CCCCCCCCCCCCCCCC(=O)O[C@@H]1[C@H](O[C@H]2O[C@H](CO)[C@@H](O)[C@H](O)[C@H]2OS(=O)(=O)O)O[C@@H](CO)[C@H](O)[C@H]1OC(=O)[C@H](C)C[C@@H](C)C[C@@H](C)C[C@@H](C)C[C@@H](C)C[C@@H](C)C[C@@H](C)C[C@@H](C)[C@@H](O)CCCCCCCCCCCCCCC. The minimum absolute atomic E-state index is 0.0550. The van der Waals surface area contributed by atoms with Crippen molar-refractivity contribution in [1.82, 2.24) is 0 Å². The topological polar surface area (TPSA) is 265 Å². The van der Waals surface area contributed by atoms with Gasteiger partial charge in [0, 0.05) is 6.42 Å². The van der Waals surface area contributed by atoms with Crippen molar-refractivity contribution in [3.63, 3.8) is 0 Å². The molecule has 510 valence electrons. The largest absolute Gasteiger partial charge is 0.455 e. The Morgan fingerprint density at radius 1 is 0.453 bits per heavy atom. The molecule has 2 aliphatic heterocycles. The predicted octanol–water partition coefficient (Wildman–Crippen LogP) is 13.7. The number of carbonyl (C=O) groups excluding carboxylic acids is 2. The van der Waals surface area contributed by atoms with Gasteiger partial charge < -0.3 is 54.3 Å². The zero-order valence-corrected chi connectivity index (χ0v) is 56.6. The van der Waals surface area contributed by atoms with Crippen LogP contribution in [0.3, 0.4) is 0 Å². The summed E-state index contributed by atoms with van der Waals surface area (Å²) in [6, 6.07) is 0. The van der Waals surface area contributed by atoms with E-state index in [9.17, 15) is 53.2 Å². The van der Waals surface area contributed by atoms with E-state index in [1.165, 1.54) is 122 Å². The predicted molar refractivity (Wildman–Crippen MR) is 339 cm³/mol. The maximum absolute atomic E-state index is 14.1. The summed E-state index contributed by atoms with van der Waals surface area (Å²) < 4.78 is 67.4. The molecule has 7 N–H and O–H groups in total. The van der Waals surface area contributed by atoms with Gasteiger partial charge in [-0.25, -0.2) is 4.18 Å². The van der Waals surface area contributed by atoms with E-state index in [0.717, 1.165) is 83.5 Å². The van der Waals surface area contributed by atoms with Gasteiger partial charge in [-0.15, -0.1) is 0 Å². The van der Waals surface area contributed by atoms with Gasteiger partial charge >= 0.3 is 22.3 Å². The number of carbonyl (C=O) groups is 2. The Labute approximate surface area is 523 Å². The lowest BCUT2D eigenvalue weighted by Gasteiger charge is -2.46. The molecule has 2 fully saturated rings. The highest BCUT2D eigenvalue weighted by Gasteiger charge is 2.55. The van der Waals surface area contributed by atoms with Gasteiger partial charge in [0.25, 0.3) is 0 Å². The van der Waals surface area contributed by atoms with E-state index in [0.29, 0.717) is 48.3 Å². The minimum atomic E-state index is -5.32. The van der Waals surface area contributed by atoms with Gasteiger partial charge in [0.2, 0.25) is 6.29 Å². The smallest absolute Gasteiger partial charge is 0.397 e. The molecule has 0 aromatic carbocycles. The molecule has 0 aromatic rings. The summed E-state index contributed by atoms with van der Waals surface area (Å²) in [5.41, 5.74) is 0. The number of unbranched alkanes of at least 4 members (excludes halogenated alkanes) is 24. The summed E-state index contributed by atoms with van der Waals surface area (Å²) >= 11 is 0. The molecule has 0 saturated carbocycles. The van der Waals surface area contributed by atoms with Crippen molar-refractivity contribution in [3.05, 3.63) is 0 Å². The molecule has 18 heteroatoms. The molecule has 19 atom stereocenters. The molecule has 0 aliphatic carbocycles. The third-order valence-electron chi connectivity index (χ3n) is 18.3. The number of rotatable bonds is 52. The Kier molecular flexibility index (Phi) is 43.6. The molecule has 2 heterocycles. The second-order valence-electron chi connectivity index (χ2n) is 27.7. The molecule has 2 aliphatic rings. The van der Waals surface area contributed by atoms with Crippen molar-refractivity contribution in [2.24, 2.45) is 47.3 Å². The minimum Gasteiger partial charge on any atom is -0.455 e. The van der Waals surface area contributed by atoms with Crippen LogP contribution in [0.25, 0.3) is 0 Å². The van der Waals surface area contributed by atoms with E-state index in [4.69, 9.17) is 23.7 Å². The quantitative estimate of drug-likeness (QED) is 0.0170. The van der Waals surface area contributed by atoms with Crippen LogP contribution in [-0.2, 0) is 47.9 Å². The zero-order chi connectivity index (χ0) is 64.0. The standard InChI is InChI=1S/C68H130O17S/c1-11-13-15-17-19-21-23-25-27-29-31-33-35-37-56(71)54(9)44-52(7)42-50(5)40-48(3)39-49(4)41-51(6)43-53(8)45-55(10)66(76)83-63-61(74)58(47-70)81-68(84-67-64(85-86(77,78)79)62(75)60(73)57(46-69)80-67)65(63)82-59(72)38-36-34-32-30-28-26-24-22-20-18-16-14-12-2/h48-58,60-65,67-71,73-75H,11-47H2,1-10H3,(H,77,78,79)/t48-,49+,50-,51+,52-,53+,54-,55-,56+,57-,58+,60-,61+,62+,63-,64-,65+,67-,68+/m1/s1. The fraction of sp³-hybridized carbons (Fsp3) is 0.971. The van der Waals surface area contributed by atoms with Crippen LogP contribution >= 0.6 is 0 Å². The molecule has 0 amide bonds. The second kappa shape index (κ2) is 46.5. The molecular weight excluding hydrogens is 1120 g/mol. The molecule has 0 bridgehead atoms. The van der Waals surface area contributed by atoms with Crippen LogP contribution in [0.4, 0.5) is 0 Å². The summed E-state index contributed by atoms with van der Waals surface area (Å²) in [4.78, 5) is 27.7. The Hall–Kier alpha value is -1.55. The Balaban J connectivity index is 1.96. The highest BCUT2D eigenvalue weighted by molar-refractivity contribution is 7.80. The molecule has 0 aromatic heterocycles. The third kappa shape index (κ3) is 34.8. The first-order valence-corrected chi connectivity index (χ1v) is 36.3. The van der Waals surface area contributed by atoms with E-state index in [1.807, 2.05) is 0 Å². The number of hydrogen-bond donors (Lipinski definition) is 7. The van der Waals surface area contributed by atoms with Crippen molar-refractivity contribution in [2.75, 3.05) is 13.2 Å². The van der Waals surface area contributed by atoms with Crippen molar-refractivity contribution >= 4 is 22.3 Å². The monoisotopic (exact) mass is 1250 g/mol. The van der Waals surface area contributed by atoms with Gasteiger partial charge in [-0.05, 0) is 99.2 Å². The van der Waals surface area contributed by atoms with Crippen LogP contribution in [-0.4, -0.2) is 136 Å². The van der Waals surface area contributed by atoms with Crippen LogP contribution in [0.1, 0.15) is 294 Å². The number of hydrogen-bond acceptors (Lipinski definition) is 16. The third-order valence-corrected chi connectivity index (χ3v) is 18.8. The van der Waals surface area contributed by atoms with Crippen LogP contribution in [0.15, 0.2) is 0 Å². The van der Waals surface area contributed by atoms with Gasteiger partial charge in [0.1, 0.15) is 30.5 Å². The van der Waals surface area contributed by atoms with E-state index in [1.54, 1.807) is 6.92 Å². The van der Waals surface area contributed by atoms with Crippen LogP contribution in [0, 0.1) is 47.3 Å². The molecule has 0 radical (unpaired) electrons. The van der Waals surface area contributed by atoms with Crippen LogP contribution < -0.4 is 0 Å². The summed E-state index contributed by atoms with van der Waals surface area (Å²) in [5, 5.41) is 64.4. The first-order chi connectivity index (χ1) is 40.9. The summed E-state index contributed by atoms with van der Waals surface area (Å²) in [6.07, 6.45) is 20.6. The number of aliphatic hydroxyl groups is 6. The number of ether oxygens (including phenoxy) is 5. The first kappa shape index (κ1) is 80.5. The molecule has 0 unspecified atom stereocenters. The molecule has 2 saturated heterocycles. The lowest BCUT2D eigenvalue weighted by atomic mass is 9.80.